The van der Waals surface area contributed by atoms with E-state index < -0.39 is 0 Å². The van der Waals surface area contributed by atoms with Crippen molar-refractivity contribution in [3.05, 3.63) is 17.6 Å². The van der Waals surface area contributed by atoms with Crippen LogP contribution < -0.4 is 10.6 Å². The van der Waals surface area contributed by atoms with Gasteiger partial charge in [-0.2, -0.15) is 0 Å². The molecule has 0 saturated carbocycles. The van der Waals surface area contributed by atoms with Crippen molar-refractivity contribution in [1.29, 1.82) is 0 Å². The minimum atomic E-state index is 0.0887. The number of nitrogens with zero attached hydrogens (tertiary/aromatic N) is 2. The fraction of sp³-hybridized carbons (Fsp3) is 0.500. The number of carbonyl (C=O) groups is 1. The Hall–Kier alpha value is -1.65. The summed E-state index contributed by atoms with van der Waals surface area (Å²) in [6.07, 6.45) is 2.24. The molecule has 1 aromatic rings. The van der Waals surface area contributed by atoms with Gasteiger partial charge in [-0.15, -0.1) is 0 Å². The second-order valence-corrected chi connectivity index (χ2v) is 3.79. The van der Waals surface area contributed by atoms with E-state index >= 15 is 0 Å². The Bertz CT molecular complexity index is 391. The number of rotatable bonds is 2. The van der Waals surface area contributed by atoms with Gasteiger partial charge in [0.1, 0.15) is 5.82 Å². The molecular formula is C10H14N4O. The first-order valence-corrected chi connectivity index (χ1v) is 4.98. The smallest absolute Gasteiger partial charge is 0.222 e. The maximum absolute atomic E-state index is 11.0. The molecule has 1 saturated heterocycles. The fourth-order valence-electron chi connectivity index (χ4n) is 1.57. The summed E-state index contributed by atoms with van der Waals surface area (Å²) < 4.78 is 0. The summed E-state index contributed by atoms with van der Waals surface area (Å²) in [5, 5.41) is 6.00. The number of hydrogen-bond acceptors (Lipinski definition) is 4. The Labute approximate surface area is 88.3 Å². The van der Waals surface area contributed by atoms with Crippen LogP contribution in [0.1, 0.15) is 17.8 Å². The van der Waals surface area contributed by atoms with Crippen molar-refractivity contribution >= 4 is 11.7 Å². The lowest BCUT2D eigenvalue weighted by atomic mass is 10.2. The van der Waals surface area contributed by atoms with E-state index in [4.69, 9.17) is 0 Å². The molecule has 1 atom stereocenters. The van der Waals surface area contributed by atoms with Crippen LogP contribution in [0.4, 0.5) is 5.82 Å². The van der Waals surface area contributed by atoms with Crippen molar-refractivity contribution < 1.29 is 4.79 Å². The summed E-state index contributed by atoms with van der Waals surface area (Å²) >= 11 is 0. The Kier molecular flexibility index (Phi) is 2.53. The van der Waals surface area contributed by atoms with Crippen LogP contribution in [0.5, 0.6) is 0 Å². The fourth-order valence-corrected chi connectivity index (χ4v) is 1.57. The molecule has 1 aliphatic heterocycles. The molecule has 0 aromatic carbocycles. The molecule has 1 amide bonds. The molecule has 2 heterocycles. The largest absolute Gasteiger partial charge is 0.364 e. The summed E-state index contributed by atoms with van der Waals surface area (Å²) in [6, 6.07) is 0.132. The molecule has 0 bridgehead atoms. The summed E-state index contributed by atoms with van der Waals surface area (Å²) in [4.78, 5) is 19.6. The highest BCUT2D eigenvalue weighted by molar-refractivity contribution is 5.79. The quantitative estimate of drug-likeness (QED) is 0.734. The number of hydrogen-bond donors (Lipinski definition) is 2. The molecule has 0 radical (unpaired) electrons. The highest BCUT2D eigenvalue weighted by Gasteiger charge is 2.21. The van der Waals surface area contributed by atoms with Gasteiger partial charge in [0.2, 0.25) is 5.91 Å². The van der Waals surface area contributed by atoms with Gasteiger partial charge in [0, 0.05) is 19.2 Å². The van der Waals surface area contributed by atoms with Crippen LogP contribution in [0.25, 0.3) is 0 Å². The molecule has 1 aromatic heterocycles. The van der Waals surface area contributed by atoms with Crippen molar-refractivity contribution in [2.24, 2.45) is 0 Å². The third-order valence-corrected chi connectivity index (χ3v) is 2.39. The summed E-state index contributed by atoms with van der Waals surface area (Å²) in [5.41, 5.74) is 1.74. The number of aryl methyl sites for hydroxylation is 2. The lowest BCUT2D eigenvalue weighted by Gasteiger charge is -2.12. The maximum atomic E-state index is 11.0. The van der Waals surface area contributed by atoms with Crippen LogP contribution >= 0.6 is 0 Å². The van der Waals surface area contributed by atoms with E-state index in [1.54, 1.807) is 6.20 Å². The van der Waals surface area contributed by atoms with Crippen molar-refractivity contribution in [2.75, 3.05) is 11.9 Å². The summed E-state index contributed by atoms with van der Waals surface area (Å²) in [6.45, 7) is 4.46. The number of aromatic nitrogens is 2. The van der Waals surface area contributed by atoms with Gasteiger partial charge < -0.3 is 10.6 Å². The van der Waals surface area contributed by atoms with Crippen molar-refractivity contribution in [3.8, 4) is 0 Å². The minimum absolute atomic E-state index is 0.0887. The van der Waals surface area contributed by atoms with Crippen LogP contribution in [-0.4, -0.2) is 28.5 Å². The third-order valence-electron chi connectivity index (χ3n) is 2.39. The monoisotopic (exact) mass is 206 g/mol. The van der Waals surface area contributed by atoms with E-state index in [0.717, 1.165) is 17.2 Å². The van der Waals surface area contributed by atoms with E-state index in [1.165, 1.54) is 0 Å². The standard InChI is InChI=1S/C10H14N4O/c1-6-4-11-7(2)10(13-6)14-8-3-9(15)12-5-8/h4,8H,3,5H2,1-2H3,(H,12,15)(H,13,14). The Balaban J connectivity index is 2.10. The van der Waals surface area contributed by atoms with Crippen LogP contribution in [-0.2, 0) is 4.79 Å². The van der Waals surface area contributed by atoms with E-state index in [1.807, 2.05) is 13.8 Å². The maximum Gasteiger partial charge on any atom is 0.222 e. The van der Waals surface area contributed by atoms with Gasteiger partial charge >= 0.3 is 0 Å². The van der Waals surface area contributed by atoms with Crippen LogP contribution in [0, 0.1) is 13.8 Å². The van der Waals surface area contributed by atoms with E-state index in [0.29, 0.717) is 13.0 Å². The van der Waals surface area contributed by atoms with Gasteiger partial charge in [-0.1, -0.05) is 0 Å². The Morgan fingerprint density at radius 2 is 2.33 bits per heavy atom. The molecule has 80 valence electrons. The zero-order valence-electron chi connectivity index (χ0n) is 8.87. The van der Waals surface area contributed by atoms with Crippen LogP contribution in [0.15, 0.2) is 6.20 Å². The second-order valence-electron chi connectivity index (χ2n) is 3.79. The van der Waals surface area contributed by atoms with Gasteiger partial charge in [-0.25, -0.2) is 4.98 Å². The Morgan fingerprint density at radius 1 is 1.53 bits per heavy atom. The molecule has 0 aliphatic carbocycles. The number of nitrogens with one attached hydrogen (secondary N) is 2. The summed E-state index contributed by atoms with van der Waals surface area (Å²) in [7, 11) is 0. The SMILES string of the molecule is Cc1cnc(C)c(NC2CNC(=O)C2)n1. The van der Waals surface area contributed by atoms with Crippen LogP contribution in [0.3, 0.4) is 0 Å². The lowest BCUT2D eigenvalue weighted by molar-refractivity contribution is -0.119. The molecule has 5 nitrogen and oxygen atoms in total. The van der Waals surface area contributed by atoms with Gasteiger partial charge in [-0.3, -0.25) is 9.78 Å². The predicted molar refractivity (Wildman–Crippen MR) is 56.5 cm³/mol. The van der Waals surface area contributed by atoms with Gasteiger partial charge in [0.25, 0.3) is 0 Å². The van der Waals surface area contributed by atoms with Gasteiger partial charge in [-0.05, 0) is 13.8 Å². The second kappa shape index (κ2) is 3.84. The molecule has 2 rings (SSSR count). The molecule has 1 aliphatic rings. The molecule has 1 unspecified atom stereocenters. The molecule has 0 spiro atoms. The number of carbonyl (C=O) groups excluding carboxylic acids is 1. The highest BCUT2D eigenvalue weighted by atomic mass is 16.1. The topological polar surface area (TPSA) is 66.9 Å². The van der Waals surface area contributed by atoms with Crippen molar-refractivity contribution in [2.45, 2.75) is 26.3 Å². The average Bonchev–Trinajstić information content (AvgIpc) is 2.58. The Morgan fingerprint density at radius 3 is 3.00 bits per heavy atom. The zero-order valence-corrected chi connectivity index (χ0v) is 8.87. The van der Waals surface area contributed by atoms with E-state index in [2.05, 4.69) is 20.6 Å². The molecular weight excluding hydrogens is 192 g/mol. The van der Waals surface area contributed by atoms with Gasteiger partial charge in [0.05, 0.1) is 17.4 Å². The number of anilines is 1. The highest BCUT2D eigenvalue weighted by Crippen LogP contribution is 2.12. The zero-order chi connectivity index (χ0) is 10.8. The molecule has 1 fully saturated rings. The van der Waals surface area contributed by atoms with E-state index in [-0.39, 0.29) is 11.9 Å². The molecule has 2 N–H and O–H groups in total. The summed E-state index contributed by atoms with van der Waals surface area (Å²) in [5.74, 6) is 0.863. The normalized spacial score (nSPS) is 20.1. The first-order valence-electron chi connectivity index (χ1n) is 4.98. The minimum Gasteiger partial charge on any atom is -0.364 e. The lowest BCUT2D eigenvalue weighted by Crippen LogP contribution is -2.23. The van der Waals surface area contributed by atoms with Gasteiger partial charge in [0.15, 0.2) is 0 Å². The third kappa shape index (κ3) is 2.23. The molecule has 5 heteroatoms. The molecule has 15 heavy (non-hydrogen) atoms. The van der Waals surface area contributed by atoms with Crippen molar-refractivity contribution in [1.82, 2.24) is 15.3 Å². The van der Waals surface area contributed by atoms with E-state index in [9.17, 15) is 4.79 Å². The number of amides is 1. The average molecular weight is 206 g/mol. The first-order chi connectivity index (χ1) is 7.15. The predicted octanol–water partition coefficient (Wildman–Crippen LogP) is 0.394. The first kappa shape index (κ1) is 9.89. The van der Waals surface area contributed by atoms with Crippen molar-refractivity contribution in [3.63, 3.8) is 0 Å². The van der Waals surface area contributed by atoms with Crippen LogP contribution in [0.2, 0.25) is 0 Å².